The van der Waals surface area contributed by atoms with Crippen molar-refractivity contribution < 1.29 is 24.3 Å². The predicted octanol–water partition coefficient (Wildman–Crippen LogP) is 2.47. The van der Waals surface area contributed by atoms with Gasteiger partial charge in [-0.15, -0.1) is 0 Å². The molecule has 2 aromatic carbocycles. The largest absolute Gasteiger partial charge is 0.508 e. The summed E-state index contributed by atoms with van der Waals surface area (Å²) >= 11 is 0. The molecule has 1 N–H and O–H groups in total. The summed E-state index contributed by atoms with van der Waals surface area (Å²) in [5, 5.41) is 10.1. The molecule has 31 heavy (non-hydrogen) atoms. The molecule has 2 aromatic rings. The number of hydrogen-bond acceptors (Lipinski definition) is 5. The van der Waals surface area contributed by atoms with E-state index in [0.29, 0.717) is 17.7 Å². The van der Waals surface area contributed by atoms with Gasteiger partial charge in [0.25, 0.3) is 0 Å². The summed E-state index contributed by atoms with van der Waals surface area (Å²) in [4.78, 5) is 54.0. The second-order valence-electron chi connectivity index (χ2n) is 8.64. The number of benzene rings is 2. The van der Waals surface area contributed by atoms with Gasteiger partial charge in [0.15, 0.2) is 0 Å². The van der Waals surface area contributed by atoms with Crippen molar-refractivity contribution in [2.24, 2.45) is 11.8 Å². The number of anilines is 1. The van der Waals surface area contributed by atoms with E-state index in [1.165, 1.54) is 13.1 Å². The van der Waals surface area contributed by atoms with E-state index in [-0.39, 0.29) is 41.7 Å². The Morgan fingerprint density at radius 2 is 1.58 bits per heavy atom. The van der Waals surface area contributed by atoms with Crippen LogP contribution >= 0.6 is 0 Å². The monoisotopic (exact) mass is 418 g/mol. The summed E-state index contributed by atoms with van der Waals surface area (Å²) in [6.45, 7) is 1.74. The smallest absolute Gasteiger partial charge is 0.242 e. The molecule has 2 saturated heterocycles. The van der Waals surface area contributed by atoms with Crippen LogP contribution in [0.25, 0.3) is 0 Å². The van der Waals surface area contributed by atoms with Gasteiger partial charge in [0.05, 0.1) is 23.4 Å². The highest BCUT2D eigenvalue weighted by Gasteiger charge is 2.55. The van der Waals surface area contributed by atoms with Crippen LogP contribution in [0.3, 0.4) is 0 Å². The lowest BCUT2D eigenvalue weighted by Crippen LogP contribution is -2.33. The summed E-state index contributed by atoms with van der Waals surface area (Å²) in [5.74, 6) is -3.16. The molecule has 0 aromatic heterocycles. The van der Waals surface area contributed by atoms with Crippen molar-refractivity contribution in [3.8, 4) is 5.75 Å². The van der Waals surface area contributed by atoms with E-state index in [0.717, 1.165) is 20.9 Å². The van der Waals surface area contributed by atoms with E-state index in [1.807, 2.05) is 24.3 Å². The Balaban J connectivity index is 1.58. The van der Waals surface area contributed by atoms with E-state index < -0.39 is 17.8 Å². The number of phenolic OH excluding ortho intramolecular Hbond substituents is 1. The van der Waals surface area contributed by atoms with Gasteiger partial charge in [-0.3, -0.25) is 24.1 Å². The van der Waals surface area contributed by atoms with Crippen LogP contribution in [0.15, 0.2) is 42.5 Å². The summed E-state index contributed by atoms with van der Waals surface area (Å²) < 4.78 is 0. The Morgan fingerprint density at radius 3 is 2.23 bits per heavy atom. The molecule has 2 aliphatic heterocycles. The number of amides is 4. The van der Waals surface area contributed by atoms with E-state index in [1.54, 1.807) is 19.1 Å². The lowest BCUT2D eigenvalue weighted by molar-refractivity contribution is -0.138. The molecule has 0 radical (unpaired) electrons. The lowest BCUT2D eigenvalue weighted by Gasteiger charge is -2.34. The Labute approximate surface area is 179 Å². The Morgan fingerprint density at radius 1 is 0.871 bits per heavy atom. The van der Waals surface area contributed by atoms with Crippen molar-refractivity contribution in [1.29, 1.82) is 0 Å². The van der Waals surface area contributed by atoms with Gasteiger partial charge in [-0.25, -0.2) is 4.90 Å². The molecule has 0 saturated carbocycles. The van der Waals surface area contributed by atoms with Crippen molar-refractivity contribution >= 4 is 29.3 Å². The minimum atomic E-state index is -0.631. The quantitative estimate of drug-likeness (QED) is 0.756. The fourth-order valence-electron chi connectivity index (χ4n) is 5.32. The molecule has 7 heteroatoms. The molecule has 158 valence electrons. The second kappa shape index (κ2) is 6.77. The molecule has 2 heterocycles. The number of imide groups is 2. The minimum absolute atomic E-state index is 0.0179. The molecular weight excluding hydrogens is 396 g/mol. The SMILES string of the molecule is Cc1ccc(N2C(=O)C3CC(C4CC(=O)N(C)C4=O)c4ccccc4C3C2=O)cc1O. The molecule has 4 unspecified atom stereocenters. The van der Waals surface area contributed by atoms with Crippen LogP contribution in [-0.4, -0.2) is 40.7 Å². The maximum absolute atomic E-state index is 13.4. The lowest BCUT2D eigenvalue weighted by atomic mass is 9.67. The first-order valence-corrected chi connectivity index (χ1v) is 10.4. The van der Waals surface area contributed by atoms with E-state index in [4.69, 9.17) is 0 Å². The molecule has 4 amide bonds. The first-order chi connectivity index (χ1) is 14.8. The van der Waals surface area contributed by atoms with Crippen LogP contribution in [0, 0.1) is 18.8 Å². The molecule has 0 spiro atoms. The summed E-state index contributed by atoms with van der Waals surface area (Å²) in [6, 6.07) is 12.2. The third-order valence-corrected chi connectivity index (χ3v) is 7.02. The number of fused-ring (bicyclic) bond motifs is 3. The van der Waals surface area contributed by atoms with E-state index in [2.05, 4.69) is 0 Å². The standard InChI is InChI=1S/C24H22N2O5/c1-12-7-8-13(9-19(12)27)26-23(30)18-10-16(17-11-20(28)25(2)22(17)29)14-5-3-4-6-15(14)21(18)24(26)31/h3-9,16-18,21,27H,10-11H2,1-2H3. The molecule has 5 rings (SSSR count). The zero-order valence-corrected chi connectivity index (χ0v) is 17.2. The van der Waals surface area contributed by atoms with Gasteiger partial charge in [-0.05, 0) is 42.0 Å². The number of rotatable bonds is 2. The van der Waals surface area contributed by atoms with Crippen molar-refractivity contribution in [1.82, 2.24) is 4.90 Å². The van der Waals surface area contributed by atoms with Gasteiger partial charge < -0.3 is 5.11 Å². The molecule has 0 bridgehead atoms. The summed E-state index contributed by atoms with van der Waals surface area (Å²) in [6.07, 6.45) is 0.446. The average Bonchev–Trinajstić information content (AvgIpc) is 3.16. The van der Waals surface area contributed by atoms with Gasteiger partial charge in [0, 0.05) is 19.5 Å². The summed E-state index contributed by atoms with van der Waals surface area (Å²) in [7, 11) is 1.48. The topological polar surface area (TPSA) is 95.0 Å². The number of aryl methyl sites for hydroxylation is 1. The molecular formula is C24H22N2O5. The van der Waals surface area contributed by atoms with Gasteiger partial charge in [0.2, 0.25) is 23.6 Å². The Bertz CT molecular complexity index is 1160. The fraction of sp³-hybridized carbons (Fsp3) is 0.333. The zero-order valence-electron chi connectivity index (χ0n) is 17.2. The minimum Gasteiger partial charge on any atom is -0.508 e. The first-order valence-electron chi connectivity index (χ1n) is 10.4. The molecule has 2 fully saturated rings. The van der Waals surface area contributed by atoms with E-state index in [9.17, 15) is 24.3 Å². The average molecular weight is 418 g/mol. The van der Waals surface area contributed by atoms with Crippen LogP contribution in [-0.2, 0) is 19.2 Å². The zero-order chi connectivity index (χ0) is 22.0. The number of carbonyl (C=O) groups is 4. The molecule has 7 nitrogen and oxygen atoms in total. The fourth-order valence-corrected chi connectivity index (χ4v) is 5.32. The van der Waals surface area contributed by atoms with Crippen LogP contribution < -0.4 is 4.90 Å². The number of carbonyl (C=O) groups excluding carboxylic acids is 4. The predicted molar refractivity (Wildman–Crippen MR) is 111 cm³/mol. The number of likely N-dealkylation sites (tertiary alicyclic amines) is 1. The van der Waals surface area contributed by atoms with Crippen molar-refractivity contribution in [3.05, 3.63) is 59.2 Å². The Kier molecular flexibility index (Phi) is 4.25. The van der Waals surface area contributed by atoms with Crippen molar-refractivity contribution in [2.45, 2.75) is 31.6 Å². The van der Waals surface area contributed by atoms with E-state index >= 15 is 0 Å². The maximum atomic E-state index is 13.4. The Hall–Kier alpha value is -3.48. The van der Waals surface area contributed by atoms with Gasteiger partial charge in [0.1, 0.15) is 5.75 Å². The van der Waals surface area contributed by atoms with Crippen LogP contribution in [0.5, 0.6) is 5.75 Å². The summed E-state index contributed by atoms with van der Waals surface area (Å²) in [5.41, 5.74) is 2.60. The molecule has 4 atom stereocenters. The number of hydrogen-bond donors (Lipinski definition) is 1. The number of aromatic hydroxyl groups is 1. The molecule has 3 aliphatic rings. The number of phenols is 1. The maximum Gasteiger partial charge on any atom is 0.242 e. The second-order valence-corrected chi connectivity index (χ2v) is 8.64. The van der Waals surface area contributed by atoms with Crippen molar-refractivity contribution in [2.75, 3.05) is 11.9 Å². The van der Waals surface area contributed by atoms with Gasteiger partial charge >= 0.3 is 0 Å². The van der Waals surface area contributed by atoms with Gasteiger partial charge in [-0.2, -0.15) is 0 Å². The van der Waals surface area contributed by atoms with Crippen LogP contribution in [0.4, 0.5) is 5.69 Å². The third-order valence-electron chi connectivity index (χ3n) is 7.02. The normalized spacial score (nSPS) is 27.7. The first kappa shape index (κ1) is 19.5. The highest BCUT2D eigenvalue weighted by molar-refractivity contribution is 6.24. The highest BCUT2D eigenvalue weighted by Crippen LogP contribution is 2.52. The van der Waals surface area contributed by atoms with Crippen LogP contribution in [0.2, 0.25) is 0 Å². The number of nitrogens with zero attached hydrogens (tertiary/aromatic N) is 2. The van der Waals surface area contributed by atoms with Gasteiger partial charge in [-0.1, -0.05) is 30.3 Å². The van der Waals surface area contributed by atoms with Crippen LogP contribution in [0.1, 0.15) is 41.4 Å². The third kappa shape index (κ3) is 2.72. The van der Waals surface area contributed by atoms with Crippen molar-refractivity contribution in [3.63, 3.8) is 0 Å². The molecule has 1 aliphatic carbocycles. The highest BCUT2D eigenvalue weighted by atomic mass is 16.3.